The first-order valence-electron chi connectivity index (χ1n) is 5.29. The minimum atomic E-state index is -0.801. The molecule has 0 heterocycles. The van der Waals surface area contributed by atoms with Gasteiger partial charge >= 0.3 is 0 Å². The van der Waals surface area contributed by atoms with Crippen molar-refractivity contribution in [2.24, 2.45) is 4.99 Å². The third kappa shape index (κ3) is 1.91. The van der Waals surface area contributed by atoms with Gasteiger partial charge in [0.15, 0.2) is 11.5 Å². The number of rotatable bonds is 4. The summed E-state index contributed by atoms with van der Waals surface area (Å²) in [5, 5.41) is 0. The molecular formula is C12H11BrFNO3. The molecule has 0 radical (unpaired) electrons. The Morgan fingerprint density at radius 2 is 2.11 bits per heavy atom. The Hall–Kier alpha value is -1.39. The van der Waals surface area contributed by atoms with E-state index in [4.69, 9.17) is 9.47 Å². The molecule has 1 fully saturated rings. The Morgan fingerprint density at radius 1 is 1.44 bits per heavy atom. The number of methoxy groups -OCH3 is 2. The van der Waals surface area contributed by atoms with Crippen molar-refractivity contribution in [2.45, 2.75) is 18.4 Å². The van der Waals surface area contributed by atoms with Crippen LogP contribution in [0.2, 0.25) is 0 Å². The maximum Gasteiger partial charge on any atom is 0.235 e. The number of isocyanates is 1. The second-order valence-corrected chi connectivity index (χ2v) is 4.81. The lowest BCUT2D eigenvalue weighted by molar-refractivity contribution is 0.348. The van der Waals surface area contributed by atoms with Gasteiger partial charge in [0.05, 0.1) is 18.7 Å². The van der Waals surface area contributed by atoms with Crippen LogP contribution in [0.3, 0.4) is 0 Å². The summed E-state index contributed by atoms with van der Waals surface area (Å²) in [5.41, 5.74) is -0.479. The Kier molecular flexibility index (Phi) is 3.41. The summed E-state index contributed by atoms with van der Waals surface area (Å²) in [6.45, 7) is 0. The van der Waals surface area contributed by atoms with E-state index in [-0.39, 0.29) is 5.75 Å². The molecule has 0 aliphatic heterocycles. The van der Waals surface area contributed by atoms with Gasteiger partial charge in [-0.3, -0.25) is 0 Å². The topological polar surface area (TPSA) is 47.9 Å². The molecule has 4 nitrogen and oxygen atoms in total. The molecule has 1 saturated carbocycles. The number of aliphatic imine (C=N–C) groups is 1. The number of carbonyl (C=O) groups excluding carboxylic acids is 1. The van der Waals surface area contributed by atoms with E-state index in [9.17, 15) is 9.18 Å². The van der Waals surface area contributed by atoms with Gasteiger partial charge in [-0.05, 0) is 28.8 Å². The monoisotopic (exact) mass is 315 g/mol. The largest absolute Gasteiger partial charge is 0.493 e. The lowest BCUT2D eigenvalue weighted by Crippen LogP contribution is -2.09. The average Bonchev–Trinajstić information content (AvgIpc) is 3.09. The summed E-state index contributed by atoms with van der Waals surface area (Å²) in [4.78, 5) is 14.2. The van der Waals surface area contributed by atoms with E-state index in [1.54, 1.807) is 0 Å². The molecule has 0 unspecified atom stereocenters. The predicted octanol–water partition coefficient (Wildman–Crippen LogP) is 2.93. The van der Waals surface area contributed by atoms with E-state index < -0.39 is 11.4 Å². The number of hydrogen-bond donors (Lipinski definition) is 0. The predicted molar refractivity (Wildman–Crippen MR) is 66.2 cm³/mol. The standard InChI is InChI=1S/C12H11BrFNO3/c1-17-8-5-7(14)9(10(13)11(8)18-2)12(3-4-12)15-6-16/h5H,3-4H2,1-2H3. The highest BCUT2D eigenvalue weighted by molar-refractivity contribution is 9.10. The normalized spacial score (nSPS) is 15.8. The SMILES string of the molecule is COc1cc(F)c(C2(N=C=O)CC2)c(Br)c1OC. The van der Waals surface area contributed by atoms with Crippen LogP contribution >= 0.6 is 15.9 Å². The van der Waals surface area contributed by atoms with Crippen molar-refractivity contribution in [3.8, 4) is 11.5 Å². The Labute approximate surface area is 112 Å². The molecule has 0 spiro atoms. The fourth-order valence-corrected chi connectivity index (χ4v) is 2.89. The van der Waals surface area contributed by atoms with Crippen LogP contribution in [0, 0.1) is 5.82 Å². The van der Waals surface area contributed by atoms with Gasteiger partial charge in [-0.1, -0.05) is 0 Å². The Morgan fingerprint density at radius 3 is 2.56 bits per heavy atom. The zero-order valence-corrected chi connectivity index (χ0v) is 11.5. The van der Waals surface area contributed by atoms with Crippen LogP contribution < -0.4 is 9.47 Å². The molecule has 2 rings (SSSR count). The van der Waals surface area contributed by atoms with Crippen molar-refractivity contribution < 1.29 is 18.7 Å². The summed E-state index contributed by atoms with van der Waals surface area (Å²) in [7, 11) is 2.90. The third-order valence-electron chi connectivity index (χ3n) is 3.01. The van der Waals surface area contributed by atoms with Gasteiger partial charge in [0, 0.05) is 11.6 Å². The molecule has 18 heavy (non-hydrogen) atoms. The van der Waals surface area contributed by atoms with Gasteiger partial charge in [0.2, 0.25) is 6.08 Å². The lowest BCUT2D eigenvalue weighted by atomic mass is 10.0. The van der Waals surface area contributed by atoms with E-state index >= 15 is 0 Å². The minimum absolute atomic E-state index is 0.288. The van der Waals surface area contributed by atoms with Crippen molar-refractivity contribution in [3.05, 3.63) is 21.9 Å². The van der Waals surface area contributed by atoms with E-state index in [0.29, 0.717) is 28.6 Å². The van der Waals surface area contributed by atoms with E-state index in [1.807, 2.05) is 0 Å². The van der Waals surface area contributed by atoms with E-state index in [1.165, 1.54) is 26.4 Å². The fraction of sp³-hybridized carbons (Fsp3) is 0.417. The minimum Gasteiger partial charge on any atom is -0.493 e. The molecule has 1 aliphatic rings. The van der Waals surface area contributed by atoms with E-state index in [2.05, 4.69) is 20.9 Å². The van der Waals surface area contributed by atoms with Crippen LogP contribution in [0.1, 0.15) is 18.4 Å². The number of halogens is 2. The molecule has 0 saturated heterocycles. The number of nitrogens with zero attached hydrogens (tertiary/aromatic N) is 1. The molecule has 1 aromatic carbocycles. The summed E-state index contributed by atoms with van der Waals surface area (Å²) in [6.07, 6.45) is 2.74. The maximum atomic E-state index is 14.1. The van der Waals surface area contributed by atoms with E-state index in [0.717, 1.165) is 0 Å². The molecule has 0 N–H and O–H groups in total. The number of hydrogen-bond acceptors (Lipinski definition) is 4. The number of ether oxygens (including phenoxy) is 2. The molecule has 0 aromatic heterocycles. The molecule has 6 heteroatoms. The zero-order chi connectivity index (χ0) is 13.3. The highest BCUT2D eigenvalue weighted by Crippen LogP contribution is 2.55. The fourth-order valence-electron chi connectivity index (χ4n) is 1.97. The number of benzene rings is 1. The average molecular weight is 316 g/mol. The Balaban J connectivity index is 2.65. The van der Waals surface area contributed by atoms with Crippen molar-refractivity contribution in [2.75, 3.05) is 14.2 Å². The van der Waals surface area contributed by atoms with Gasteiger partial charge in [-0.15, -0.1) is 0 Å². The molecule has 0 amide bonds. The molecule has 1 aliphatic carbocycles. The van der Waals surface area contributed by atoms with Gasteiger partial charge in [0.1, 0.15) is 11.4 Å². The molecule has 0 atom stereocenters. The van der Waals surface area contributed by atoms with Crippen LogP contribution in [0.4, 0.5) is 4.39 Å². The first-order chi connectivity index (χ1) is 8.59. The summed E-state index contributed by atoms with van der Waals surface area (Å²) >= 11 is 3.29. The smallest absolute Gasteiger partial charge is 0.235 e. The second-order valence-electron chi connectivity index (χ2n) is 4.02. The van der Waals surface area contributed by atoms with Gasteiger partial charge in [-0.2, -0.15) is 4.99 Å². The van der Waals surface area contributed by atoms with Crippen LogP contribution in [0.5, 0.6) is 11.5 Å². The van der Waals surface area contributed by atoms with Crippen molar-refractivity contribution in [1.29, 1.82) is 0 Å². The summed E-state index contributed by atoms with van der Waals surface area (Å²) in [6, 6.07) is 1.24. The van der Waals surface area contributed by atoms with Crippen LogP contribution in [-0.2, 0) is 10.3 Å². The van der Waals surface area contributed by atoms with Crippen LogP contribution in [-0.4, -0.2) is 20.3 Å². The summed E-state index contributed by atoms with van der Waals surface area (Å²) < 4.78 is 24.8. The van der Waals surface area contributed by atoms with Crippen LogP contribution in [0.15, 0.2) is 15.5 Å². The summed E-state index contributed by atoms with van der Waals surface area (Å²) in [5.74, 6) is 0.203. The molecular weight excluding hydrogens is 305 g/mol. The van der Waals surface area contributed by atoms with Gasteiger partial charge in [-0.25, -0.2) is 9.18 Å². The highest BCUT2D eigenvalue weighted by atomic mass is 79.9. The lowest BCUT2D eigenvalue weighted by Gasteiger charge is -2.17. The van der Waals surface area contributed by atoms with Crippen molar-refractivity contribution >= 4 is 22.0 Å². The van der Waals surface area contributed by atoms with Gasteiger partial charge < -0.3 is 9.47 Å². The second kappa shape index (κ2) is 4.71. The zero-order valence-electron chi connectivity index (χ0n) is 9.92. The highest BCUT2D eigenvalue weighted by Gasteiger charge is 2.49. The molecule has 96 valence electrons. The van der Waals surface area contributed by atoms with Crippen molar-refractivity contribution in [3.63, 3.8) is 0 Å². The molecule has 0 bridgehead atoms. The van der Waals surface area contributed by atoms with Crippen molar-refractivity contribution in [1.82, 2.24) is 0 Å². The first kappa shape index (κ1) is 13.1. The quantitative estimate of drug-likeness (QED) is 0.634. The maximum absolute atomic E-state index is 14.1. The third-order valence-corrected chi connectivity index (χ3v) is 3.77. The van der Waals surface area contributed by atoms with Gasteiger partial charge in [0.25, 0.3) is 0 Å². The van der Waals surface area contributed by atoms with Crippen LogP contribution in [0.25, 0.3) is 0 Å². The first-order valence-corrected chi connectivity index (χ1v) is 6.08. The molecule has 1 aromatic rings. The Bertz CT molecular complexity index is 537.